The molecule has 0 aliphatic heterocycles. The van der Waals surface area contributed by atoms with Crippen LogP contribution in [0.25, 0.3) is 11.5 Å². The van der Waals surface area contributed by atoms with Gasteiger partial charge in [-0.25, -0.2) is 4.98 Å². The van der Waals surface area contributed by atoms with Crippen molar-refractivity contribution in [2.45, 2.75) is 11.8 Å². The molecule has 27 heavy (non-hydrogen) atoms. The Balaban J connectivity index is 1.84. The average molecular weight is 376 g/mol. The largest absolute Gasteiger partial charge is 0.405 e. The molecule has 1 heterocycles. The van der Waals surface area contributed by atoms with Crippen LogP contribution in [0.1, 0.15) is 5.69 Å². The van der Waals surface area contributed by atoms with Gasteiger partial charge in [-0.1, -0.05) is 42.6 Å². The minimum Gasteiger partial charge on any atom is -0.405 e. The zero-order valence-electron chi connectivity index (χ0n) is 15.0. The lowest BCUT2D eigenvalue weighted by molar-refractivity contribution is 1.12. The zero-order valence-corrected chi connectivity index (χ0v) is 15.8. The van der Waals surface area contributed by atoms with Crippen LogP contribution < -0.4 is 27.2 Å². The highest BCUT2D eigenvalue weighted by Gasteiger charge is 2.03. The van der Waals surface area contributed by atoms with Crippen LogP contribution in [0.15, 0.2) is 71.8 Å². The van der Waals surface area contributed by atoms with E-state index >= 15 is 0 Å². The lowest BCUT2D eigenvalue weighted by atomic mass is 10.2. The van der Waals surface area contributed by atoms with Gasteiger partial charge in [0.1, 0.15) is 5.82 Å². The molecule has 0 bridgehead atoms. The summed E-state index contributed by atoms with van der Waals surface area (Å²) in [6.07, 6.45) is 3.44. The highest BCUT2D eigenvalue weighted by atomic mass is 32.2. The minimum absolute atomic E-state index is 0.254. The fraction of sp³-hybridized carbons (Fsp3) is 0.0476. The van der Waals surface area contributed by atoms with E-state index in [2.05, 4.69) is 21.9 Å². The van der Waals surface area contributed by atoms with Crippen molar-refractivity contribution in [3.63, 3.8) is 0 Å². The number of hydrogen-bond donors (Lipinski definition) is 3. The first-order chi connectivity index (χ1) is 13.0. The number of nitrogens with zero attached hydrogens (tertiary/aromatic N) is 2. The summed E-state index contributed by atoms with van der Waals surface area (Å²) >= 11 is 1.64. The molecular formula is C21H21N5S. The molecule has 1 aromatic heterocycles. The molecule has 0 spiro atoms. The molecule has 5 N–H and O–H groups in total. The number of anilines is 3. The molecule has 0 unspecified atom stereocenters. The van der Waals surface area contributed by atoms with Gasteiger partial charge in [0.15, 0.2) is 0 Å². The Hall–Kier alpha value is -3.25. The summed E-state index contributed by atoms with van der Waals surface area (Å²) in [6.45, 7) is 5.98. The third kappa shape index (κ3) is 4.89. The maximum atomic E-state index is 5.70. The second-order valence-electron chi connectivity index (χ2n) is 5.88. The SMILES string of the molecule is C=c1cccc/c1=C(/C=C\N)Sc1ccc(Nc2cc(C)nc(N)n2)cc1. The number of nitrogen functional groups attached to an aromatic ring is 1. The summed E-state index contributed by atoms with van der Waals surface area (Å²) in [6, 6.07) is 17.9. The van der Waals surface area contributed by atoms with Gasteiger partial charge in [-0.15, -0.1) is 0 Å². The van der Waals surface area contributed by atoms with Crippen LogP contribution in [0, 0.1) is 6.92 Å². The highest BCUT2D eigenvalue weighted by Crippen LogP contribution is 2.29. The molecule has 0 saturated carbocycles. The first kappa shape index (κ1) is 18.5. The number of nitrogens with one attached hydrogen (secondary N) is 1. The minimum atomic E-state index is 0.254. The van der Waals surface area contributed by atoms with Gasteiger partial charge in [0.05, 0.1) is 0 Å². The number of thioether (sulfide) groups is 1. The number of rotatable bonds is 5. The van der Waals surface area contributed by atoms with E-state index < -0.39 is 0 Å². The van der Waals surface area contributed by atoms with Gasteiger partial charge in [0.25, 0.3) is 0 Å². The quantitative estimate of drug-likeness (QED) is 0.594. The summed E-state index contributed by atoms with van der Waals surface area (Å²) in [4.78, 5) is 10.4. The number of aryl methyl sites for hydroxylation is 1. The third-order valence-corrected chi connectivity index (χ3v) is 4.84. The molecule has 0 aliphatic rings. The van der Waals surface area contributed by atoms with Gasteiger partial charge in [-0.2, -0.15) is 4.98 Å². The lowest BCUT2D eigenvalue weighted by Crippen LogP contribution is -2.23. The summed E-state index contributed by atoms with van der Waals surface area (Å²) in [7, 11) is 0. The number of nitrogens with two attached hydrogens (primary N) is 2. The van der Waals surface area contributed by atoms with Gasteiger partial charge in [0.2, 0.25) is 5.95 Å². The Bertz CT molecular complexity index is 1050. The molecule has 3 rings (SSSR count). The van der Waals surface area contributed by atoms with Crippen molar-refractivity contribution in [2.24, 2.45) is 5.73 Å². The van der Waals surface area contributed by atoms with Gasteiger partial charge >= 0.3 is 0 Å². The molecule has 0 radical (unpaired) electrons. The van der Waals surface area contributed by atoms with Crippen LogP contribution in [-0.2, 0) is 0 Å². The molecule has 136 valence electrons. The Morgan fingerprint density at radius 1 is 1.11 bits per heavy atom. The van der Waals surface area contributed by atoms with E-state index in [4.69, 9.17) is 11.5 Å². The van der Waals surface area contributed by atoms with Crippen LogP contribution >= 0.6 is 11.8 Å². The molecule has 2 aromatic carbocycles. The van der Waals surface area contributed by atoms with Crippen molar-refractivity contribution in [2.75, 3.05) is 11.1 Å². The van der Waals surface area contributed by atoms with Crippen molar-refractivity contribution < 1.29 is 0 Å². The molecule has 0 saturated heterocycles. The van der Waals surface area contributed by atoms with Crippen LogP contribution in [0.2, 0.25) is 0 Å². The first-order valence-corrected chi connectivity index (χ1v) is 9.19. The van der Waals surface area contributed by atoms with Crippen LogP contribution in [0.5, 0.6) is 0 Å². The first-order valence-electron chi connectivity index (χ1n) is 8.38. The van der Waals surface area contributed by atoms with Crippen LogP contribution in [0.4, 0.5) is 17.5 Å². The van der Waals surface area contributed by atoms with Crippen molar-refractivity contribution in [1.29, 1.82) is 0 Å². The molecule has 0 aliphatic carbocycles. The highest BCUT2D eigenvalue weighted by molar-refractivity contribution is 8.08. The number of benzene rings is 2. The van der Waals surface area contributed by atoms with E-state index in [-0.39, 0.29) is 5.95 Å². The number of aromatic nitrogens is 2. The maximum absolute atomic E-state index is 5.70. The summed E-state index contributed by atoms with van der Waals surface area (Å²) in [5, 5.41) is 5.27. The molecular weight excluding hydrogens is 354 g/mol. The molecule has 0 atom stereocenters. The molecule has 0 amide bonds. The van der Waals surface area contributed by atoms with Gasteiger partial charge in [-0.05, 0) is 53.9 Å². The predicted octanol–water partition coefficient (Wildman–Crippen LogP) is 2.89. The normalized spacial score (nSPS) is 12.2. The monoisotopic (exact) mass is 375 g/mol. The topological polar surface area (TPSA) is 89.8 Å². The predicted molar refractivity (Wildman–Crippen MR) is 115 cm³/mol. The third-order valence-electron chi connectivity index (χ3n) is 3.76. The van der Waals surface area contributed by atoms with Crippen molar-refractivity contribution in [3.8, 4) is 0 Å². The van der Waals surface area contributed by atoms with Crippen LogP contribution in [-0.4, -0.2) is 9.97 Å². The molecule has 3 aromatic rings. The average Bonchev–Trinajstić information content (AvgIpc) is 2.62. The van der Waals surface area contributed by atoms with E-state index in [1.54, 1.807) is 18.0 Å². The fourth-order valence-corrected chi connectivity index (χ4v) is 3.55. The van der Waals surface area contributed by atoms with Crippen molar-refractivity contribution in [3.05, 3.63) is 83.0 Å². The smallest absolute Gasteiger partial charge is 0.222 e. The van der Waals surface area contributed by atoms with Gasteiger partial charge in [0, 0.05) is 27.2 Å². The van der Waals surface area contributed by atoms with Gasteiger partial charge in [-0.3, -0.25) is 0 Å². The van der Waals surface area contributed by atoms with Crippen molar-refractivity contribution in [1.82, 2.24) is 9.97 Å². The Morgan fingerprint density at radius 3 is 2.52 bits per heavy atom. The van der Waals surface area contributed by atoms with Crippen molar-refractivity contribution >= 4 is 40.7 Å². The van der Waals surface area contributed by atoms with E-state index in [9.17, 15) is 0 Å². The van der Waals surface area contributed by atoms with Gasteiger partial charge < -0.3 is 16.8 Å². The summed E-state index contributed by atoms with van der Waals surface area (Å²) in [5.41, 5.74) is 13.1. The van der Waals surface area contributed by atoms with E-state index in [0.717, 1.165) is 31.6 Å². The molecule has 0 fully saturated rings. The number of hydrogen-bond acceptors (Lipinski definition) is 6. The van der Waals surface area contributed by atoms with E-state index in [1.807, 2.05) is 67.6 Å². The summed E-state index contributed by atoms with van der Waals surface area (Å²) < 4.78 is 0. The second-order valence-corrected chi connectivity index (χ2v) is 7.00. The summed E-state index contributed by atoms with van der Waals surface area (Å²) in [5.74, 6) is 0.925. The Labute approximate surface area is 162 Å². The standard InChI is InChI=1S/C21H21N5S/c1-14-5-3-4-6-18(14)19(11-12-22)27-17-9-7-16(8-10-17)25-20-13-15(2)24-21(23)26-20/h3-13H,1,22H2,2H3,(H3,23,24,25,26)/b12-11-,19-18+. The lowest BCUT2D eigenvalue weighted by Gasteiger charge is -2.08. The van der Waals surface area contributed by atoms with E-state index in [0.29, 0.717) is 5.82 Å². The maximum Gasteiger partial charge on any atom is 0.222 e. The Morgan fingerprint density at radius 2 is 1.85 bits per heavy atom. The van der Waals surface area contributed by atoms with Crippen LogP contribution in [0.3, 0.4) is 0 Å². The second kappa shape index (κ2) is 8.42. The molecule has 6 heteroatoms. The van der Waals surface area contributed by atoms with E-state index in [1.165, 1.54) is 0 Å². The Kier molecular flexibility index (Phi) is 5.78. The molecule has 5 nitrogen and oxygen atoms in total. The zero-order chi connectivity index (χ0) is 19.2. The fourth-order valence-electron chi connectivity index (χ4n) is 2.56.